The van der Waals surface area contributed by atoms with E-state index in [0.717, 1.165) is 0 Å². The maximum Gasteiger partial charge on any atom is 0.331 e. The predicted molar refractivity (Wildman–Crippen MR) is 56.8 cm³/mol. The molecule has 1 saturated heterocycles. The minimum atomic E-state index is -2.58. The molecule has 0 radical (unpaired) electrons. The average Bonchev–Trinajstić information content (AvgIpc) is 2.59. The first-order valence-electron chi connectivity index (χ1n) is 5.07. The number of primary amides is 1. The molecule has 5 amide bonds. The van der Waals surface area contributed by atoms with Gasteiger partial charge >= 0.3 is 12.1 Å². The summed E-state index contributed by atoms with van der Waals surface area (Å²) in [5.74, 6) is -1.10. The molecule has 1 heterocycles. The molecular formula is C8H14N4O7. The molecule has 2 unspecified atom stereocenters. The first-order valence-corrected chi connectivity index (χ1v) is 5.07. The van der Waals surface area contributed by atoms with Gasteiger partial charge in [-0.2, -0.15) is 0 Å². The van der Waals surface area contributed by atoms with Gasteiger partial charge in [-0.05, 0) is 0 Å². The van der Waals surface area contributed by atoms with Crippen LogP contribution < -0.4 is 11.1 Å². The number of aliphatic hydroxyl groups excluding tert-OH is 3. The van der Waals surface area contributed by atoms with Crippen molar-refractivity contribution in [1.82, 2.24) is 15.1 Å². The van der Waals surface area contributed by atoms with Crippen LogP contribution in [0, 0.1) is 0 Å². The smallest absolute Gasteiger partial charge is 0.331 e. The van der Waals surface area contributed by atoms with E-state index >= 15 is 0 Å². The van der Waals surface area contributed by atoms with Crippen LogP contribution >= 0.6 is 0 Å². The van der Waals surface area contributed by atoms with Crippen molar-refractivity contribution in [2.75, 3.05) is 20.1 Å². The molecule has 1 rings (SSSR count). The molecule has 0 bridgehead atoms. The van der Waals surface area contributed by atoms with E-state index in [4.69, 9.17) is 21.1 Å². The van der Waals surface area contributed by atoms with Gasteiger partial charge in [0.05, 0.1) is 6.61 Å². The van der Waals surface area contributed by atoms with E-state index in [9.17, 15) is 19.5 Å². The quantitative estimate of drug-likeness (QED) is 0.218. The molecule has 1 aliphatic rings. The summed E-state index contributed by atoms with van der Waals surface area (Å²) in [7, 11) is 0. The van der Waals surface area contributed by atoms with Gasteiger partial charge in [0.15, 0.2) is 11.8 Å². The van der Waals surface area contributed by atoms with Crippen LogP contribution in [-0.2, 0) is 4.79 Å². The number of carbonyl (C=O) groups excluding carboxylic acids is 3. The predicted octanol–water partition coefficient (Wildman–Crippen LogP) is -4.13. The largest absolute Gasteiger partial charge is 0.391 e. The standard InChI is InChI=1S/C8H14N4O7/c9-6(17)10-8(19,1-13)4-5(16)12(3-15)7(18)11(4)2-14/h4,13-15,19H,1-3H2,(H3,9,10,17). The van der Waals surface area contributed by atoms with Crippen LogP contribution in [0.15, 0.2) is 0 Å². The lowest BCUT2D eigenvalue weighted by Gasteiger charge is -2.34. The van der Waals surface area contributed by atoms with Crippen LogP contribution in [0.2, 0.25) is 0 Å². The number of hydrogen-bond acceptors (Lipinski definition) is 7. The first kappa shape index (κ1) is 15.1. The number of amides is 5. The zero-order valence-electron chi connectivity index (χ0n) is 9.68. The van der Waals surface area contributed by atoms with Gasteiger partial charge in [0.2, 0.25) is 0 Å². The van der Waals surface area contributed by atoms with Gasteiger partial charge in [-0.15, -0.1) is 0 Å². The second kappa shape index (κ2) is 5.36. The van der Waals surface area contributed by atoms with Gasteiger partial charge in [-0.25, -0.2) is 14.5 Å². The Morgan fingerprint density at radius 2 is 1.89 bits per heavy atom. The van der Waals surface area contributed by atoms with E-state index in [0.29, 0.717) is 9.80 Å². The number of urea groups is 2. The van der Waals surface area contributed by atoms with Gasteiger partial charge < -0.3 is 31.5 Å². The number of aliphatic hydroxyl groups is 4. The lowest BCUT2D eigenvalue weighted by molar-refractivity contribution is -0.145. The normalized spacial score (nSPS) is 22.6. The van der Waals surface area contributed by atoms with Crippen LogP contribution in [-0.4, -0.2) is 80.0 Å². The summed E-state index contributed by atoms with van der Waals surface area (Å²) in [5.41, 5.74) is 2.22. The van der Waals surface area contributed by atoms with E-state index in [1.54, 1.807) is 5.32 Å². The Morgan fingerprint density at radius 3 is 2.26 bits per heavy atom. The van der Waals surface area contributed by atoms with Gasteiger partial charge in [0.1, 0.15) is 13.5 Å². The van der Waals surface area contributed by atoms with Crippen molar-refractivity contribution in [3.05, 3.63) is 0 Å². The number of nitrogens with zero attached hydrogens (tertiary/aromatic N) is 2. The minimum absolute atomic E-state index is 0.324. The second-order valence-electron chi connectivity index (χ2n) is 3.78. The van der Waals surface area contributed by atoms with E-state index in [1.165, 1.54) is 0 Å². The number of imide groups is 1. The summed E-state index contributed by atoms with van der Waals surface area (Å²) in [6.07, 6.45) is 0. The van der Waals surface area contributed by atoms with Crippen molar-refractivity contribution in [2.24, 2.45) is 5.73 Å². The van der Waals surface area contributed by atoms with E-state index < -0.39 is 49.8 Å². The van der Waals surface area contributed by atoms with Crippen molar-refractivity contribution in [3.63, 3.8) is 0 Å². The van der Waals surface area contributed by atoms with Gasteiger partial charge in [0.25, 0.3) is 5.91 Å². The first-order chi connectivity index (χ1) is 8.82. The van der Waals surface area contributed by atoms with Crippen molar-refractivity contribution in [3.8, 4) is 0 Å². The highest BCUT2D eigenvalue weighted by Gasteiger charge is 2.55. The van der Waals surface area contributed by atoms with Crippen LogP contribution in [0.1, 0.15) is 0 Å². The Kier molecular flexibility index (Phi) is 4.26. The fourth-order valence-electron chi connectivity index (χ4n) is 1.78. The van der Waals surface area contributed by atoms with Crippen molar-refractivity contribution >= 4 is 18.0 Å². The second-order valence-corrected chi connectivity index (χ2v) is 3.78. The van der Waals surface area contributed by atoms with Crippen LogP contribution in [0.4, 0.5) is 9.59 Å². The van der Waals surface area contributed by atoms with Crippen molar-refractivity contribution in [2.45, 2.75) is 11.8 Å². The topological polar surface area (TPSA) is 177 Å². The molecule has 0 saturated carbocycles. The van der Waals surface area contributed by atoms with Crippen LogP contribution in [0.3, 0.4) is 0 Å². The maximum atomic E-state index is 11.8. The molecule has 7 N–H and O–H groups in total. The Balaban J connectivity index is 3.17. The monoisotopic (exact) mass is 278 g/mol. The molecule has 11 nitrogen and oxygen atoms in total. The SMILES string of the molecule is NC(=O)NC(O)(CO)C1C(=O)N(CO)C(=O)N1CO. The lowest BCUT2D eigenvalue weighted by Crippen LogP contribution is -2.66. The van der Waals surface area contributed by atoms with E-state index in [1.807, 2.05) is 0 Å². The van der Waals surface area contributed by atoms with Gasteiger partial charge in [-0.3, -0.25) is 9.69 Å². The molecular weight excluding hydrogens is 264 g/mol. The minimum Gasteiger partial charge on any atom is -0.391 e. The molecule has 19 heavy (non-hydrogen) atoms. The van der Waals surface area contributed by atoms with Crippen LogP contribution in [0.25, 0.3) is 0 Å². The average molecular weight is 278 g/mol. The lowest BCUT2D eigenvalue weighted by atomic mass is 10.0. The Hall–Kier alpha value is -1.95. The third-order valence-electron chi connectivity index (χ3n) is 2.62. The highest BCUT2D eigenvalue weighted by molar-refractivity contribution is 6.05. The Bertz CT molecular complexity index is 403. The molecule has 1 aliphatic heterocycles. The fraction of sp³-hybridized carbons (Fsp3) is 0.625. The molecule has 0 aromatic carbocycles. The maximum absolute atomic E-state index is 11.8. The number of carbonyl (C=O) groups is 3. The summed E-state index contributed by atoms with van der Waals surface area (Å²) in [4.78, 5) is 35.0. The summed E-state index contributed by atoms with van der Waals surface area (Å²) in [5, 5.41) is 38.7. The fourth-order valence-corrected chi connectivity index (χ4v) is 1.78. The third-order valence-corrected chi connectivity index (χ3v) is 2.62. The summed E-state index contributed by atoms with van der Waals surface area (Å²) in [6, 6.07) is -4.15. The summed E-state index contributed by atoms with van der Waals surface area (Å²) >= 11 is 0. The highest BCUT2D eigenvalue weighted by atomic mass is 16.4. The molecule has 0 spiro atoms. The Morgan fingerprint density at radius 1 is 1.32 bits per heavy atom. The molecule has 0 aromatic rings. The van der Waals surface area contributed by atoms with E-state index in [2.05, 4.69) is 0 Å². The molecule has 0 aromatic heterocycles. The summed E-state index contributed by atoms with van der Waals surface area (Å²) in [6.45, 7) is -3.10. The number of hydrogen-bond donors (Lipinski definition) is 6. The molecule has 11 heteroatoms. The third kappa shape index (κ3) is 2.44. The number of nitrogens with two attached hydrogens (primary N) is 1. The number of rotatable bonds is 5. The van der Waals surface area contributed by atoms with Crippen molar-refractivity contribution in [1.29, 1.82) is 0 Å². The molecule has 0 aliphatic carbocycles. The van der Waals surface area contributed by atoms with Gasteiger partial charge in [0, 0.05) is 0 Å². The highest BCUT2D eigenvalue weighted by Crippen LogP contribution is 2.24. The Labute approximate surface area is 106 Å². The van der Waals surface area contributed by atoms with E-state index in [-0.39, 0.29) is 0 Å². The van der Waals surface area contributed by atoms with Crippen molar-refractivity contribution < 1.29 is 34.8 Å². The zero-order valence-corrected chi connectivity index (χ0v) is 9.68. The molecule has 2 atom stereocenters. The molecule has 108 valence electrons. The van der Waals surface area contributed by atoms with Crippen LogP contribution in [0.5, 0.6) is 0 Å². The summed E-state index contributed by atoms with van der Waals surface area (Å²) < 4.78 is 0. The zero-order chi connectivity index (χ0) is 14.8. The molecule has 1 fully saturated rings. The van der Waals surface area contributed by atoms with Gasteiger partial charge in [-0.1, -0.05) is 0 Å². The number of nitrogens with one attached hydrogen (secondary N) is 1.